The molecule has 1 aromatic rings. The Hall–Kier alpha value is -1.83. The zero-order valence-electron chi connectivity index (χ0n) is 10.5. The number of nitrogens with zero attached hydrogens (tertiary/aromatic N) is 3. The number of aryl methyl sites for hydroxylation is 1. The van der Waals surface area contributed by atoms with Gasteiger partial charge in [-0.25, -0.2) is 4.98 Å². The van der Waals surface area contributed by atoms with Crippen molar-refractivity contribution in [2.75, 3.05) is 0 Å². The fourth-order valence-corrected chi connectivity index (χ4v) is 2.64. The molecule has 0 atom stereocenters. The summed E-state index contributed by atoms with van der Waals surface area (Å²) in [6.45, 7) is 2.60. The van der Waals surface area contributed by atoms with Crippen LogP contribution in [0.15, 0.2) is 6.33 Å². The summed E-state index contributed by atoms with van der Waals surface area (Å²) in [7, 11) is 0. The van der Waals surface area contributed by atoms with Crippen molar-refractivity contribution in [3.63, 3.8) is 0 Å². The number of aromatic nitrogens is 2. The van der Waals surface area contributed by atoms with Crippen LogP contribution in [0.2, 0.25) is 0 Å². The Bertz CT molecular complexity index is 479. The summed E-state index contributed by atoms with van der Waals surface area (Å²) in [5.41, 5.74) is 1.38. The molecule has 1 aliphatic carbocycles. The summed E-state index contributed by atoms with van der Waals surface area (Å²) in [6, 6.07) is 2.17. The molecule has 0 unspecified atom stereocenters. The molecule has 0 aromatic carbocycles. The SMILES string of the molecule is Cc1ncn(CC2CCC(C(=O)O)CC2)c1C#N. The summed E-state index contributed by atoms with van der Waals surface area (Å²) in [5.74, 6) is -0.396. The predicted molar refractivity (Wildman–Crippen MR) is 64.8 cm³/mol. The molecule has 0 aliphatic heterocycles. The summed E-state index contributed by atoms with van der Waals surface area (Å²) in [5, 5.41) is 18.0. The number of nitriles is 1. The Balaban J connectivity index is 1.96. The first-order valence-electron chi connectivity index (χ1n) is 6.26. The third kappa shape index (κ3) is 2.53. The van der Waals surface area contributed by atoms with Crippen molar-refractivity contribution in [1.82, 2.24) is 9.55 Å². The smallest absolute Gasteiger partial charge is 0.306 e. The van der Waals surface area contributed by atoms with E-state index in [1.165, 1.54) is 0 Å². The molecular formula is C13H17N3O2. The highest BCUT2D eigenvalue weighted by Crippen LogP contribution is 2.30. The lowest BCUT2D eigenvalue weighted by atomic mass is 9.82. The minimum Gasteiger partial charge on any atom is -0.481 e. The van der Waals surface area contributed by atoms with Crippen LogP contribution in [-0.4, -0.2) is 20.6 Å². The molecule has 0 spiro atoms. The second kappa shape index (κ2) is 5.21. The van der Waals surface area contributed by atoms with Gasteiger partial charge in [0.1, 0.15) is 11.8 Å². The molecule has 0 amide bonds. The van der Waals surface area contributed by atoms with Crippen molar-refractivity contribution in [2.45, 2.75) is 39.2 Å². The maximum atomic E-state index is 10.9. The fourth-order valence-electron chi connectivity index (χ4n) is 2.64. The highest BCUT2D eigenvalue weighted by atomic mass is 16.4. The lowest BCUT2D eigenvalue weighted by Gasteiger charge is -2.26. The van der Waals surface area contributed by atoms with Gasteiger partial charge < -0.3 is 9.67 Å². The normalized spacial score (nSPS) is 23.6. The molecule has 2 rings (SSSR count). The third-order valence-electron chi connectivity index (χ3n) is 3.78. The van der Waals surface area contributed by atoms with Crippen LogP contribution >= 0.6 is 0 Å². The van der Waals surface area contributed by atoms with Gasteiger partial charge >= 0.3 is 5.97 Å². The van der Waals surface area contributed by atoms with Crippen LogP contribution in [0.5, 0.6) is 0 Å². The summed E-state index contributed by atoms with van der Waals surface area (Å²) >= 11 is 0. The minimum atomic E-state index is -0.676. The fraction of sp³-hybridized carbons (Fsp3) is 0.615. The van der Waals surface area contributed by atoms with E-state index in [1.807, 2.05) is 11.5 Å². The van der Waals surface area contributed by atoms with E-state index in [4.69, 9.17) is 10.4 Å². The number of carboxylic acid groups (broad SMARTS) is 1. The Labute approximate surface area is 106 Å². The Morgan fingerprint density at radius 2 is 2.22 bits per heavy atom. The molecule has 1 aromatic heterocycles. The third-order valence-corrected chi connectivity index (χ3v) is 3.78. The number of carbonyl (C=O) groups is 1. The molecule has 96 valence electrons. The summed E-state index contributed by atoms with van der Waals surface area (Å²) in [6.07, 6.45) is 5.03. The molecule has 5 nitrogen and oxygen atoms in total. The van der Waals surface area contributed by atoms with Gasteiger partial charge in [0.15, 0.2) is 0 Å². The van der Waals surface area contributed by atoms with Gasteiger partial charge in [-0.2, -0.15) is 5.26 Å². The molecule has 1 heterocycles. The van der Waals surface area contributed by atoms with Crippen LogP contribution in [-0.2, 0) is 11.3 Å². The Morgan fingerprint density at radius 3 is 2.78 bits per heavy atom. The molecule has 0 bridgehead atoms. The molecule has 1 saturated carbocycles. The Morgan fingerprint density at radius 1 is 1.56 bits per heavy atom. The second-order valence-corrected chi connectivity index (χ2v) is 5.00. The van der Waals surface area contributed by atoms with E-state index in [9.17, 15) is 4.79 Å². The second-order valence-electron chi connectivity index (χ2n) is 5.00. The van der Waals surface area contributed by atoms with Gasteiger partial charge in [-0.1, -0.05) is 0 Å². The van der Waals surface area contributed by atoms with Crippen molar-refractivity contribution in [3.8, 4) is 6.07 Å². The quantitative estimate of drug-likeness (QED) is 0.885. The molecular weight excluding hydrogens is 230 g/mol. The maximum absolute atomic E-state index is 10.9. The standard InChI is InChI=1S/C13H17N3O2/c1-9-12(6-14)16(8-15-9)7-10-2-4-11(5-3-10)13(17)18/h8,10-11H,2-5,7H2,1H3,(H,17,18). The molecule has 0 saturated heterocycles. The maximum Gasteiger partial charge on any atom is 0.306 e. The first-order valence-corrected chi connectivity index (χ1v) is 6.26. The van der Waals surface area contributed by atoms with Gasteiger partial charge in [0.2, 0.25) is 0 Å². The minimum absolute atomic E-state index is 0.179. The van der Waals surface area contributed by atoms with E-state index in [-0.39, 0.29) is 5.92 Å². The van der Waals surface area contributed by atoms with Gasteiger partial charge in [-0.05, 0) is 38.5 Å². The van der Waals surface area contributed by atoms with Crippen LogP contribution in [0.3, 0.4) is 0 Å². The van der Waals surface area contributed by atoms with Gasteiger partial charge in [0.25, 0.3) is 0 Å². The van der Waals surface area contributed by atoms with E-state index in [0.717, 1.165) is 37.9 Å². The predicted octanol–water partition coefficient (Wildman–Crippen LogP) is 1.95. The first-order chi connectivity index (χ1) is 8.61. The lowest BCUT2D eigenvalue weighted by molar-refractivity contribution is -0.143. The number of carboxylic acids is 1. The number of imidazole rings is 1. The number of aliphatic carboxylic acids is 1. The molecule has 18 heavy (non-hydrogen) atoms. The summed E-state index contributed by atoms with van der Waals surface area (Å²) in [4.78, 5) is 15.0. The molecule has 1 fully saturated rings. The van der Waals surface area contributed by atoms with Crippen molar-refractivity contribution < 1.29 is 9.90 Å². The monoisotopic (exact) mass is 247 g/mol. The summed E-state index contributed by atoms with van der Waals surface area (Å²) < 4.78 is 1.89. The van der Waals surface area contributed by atoms with Crippen molar-refractivity contribution in [1.29, 1.82) is 5.26 Å². The van der Waals surface area contributed by atoms with Crippen molar-refractivity contribution in [3.05, 3.63) is 17.7 Å². The van der Waals surface area contributed by atoms with E-state index in [0.29, 0.717) is 11.6 Å². The van der Waals surface area contributed by atoms with E-state index in [2.05, 4.69) is 11.1 Å². The van der Waals surface area contributed by atoms with Crippen LogP contribution in [0, 0.1) is 30.1 Å². The molecule has 5 heteroatoms. The van der Waals surface area contributed by atoms with Crippen molar-refractivity contribution >= 4 is 5.97 Å². The van der Waals surface area contributed by atoms with Gasteiger partial charge in [-0.3, -0.25) is 4.79 Å². The number of hydrogen-bond donors (Lipinski definition) is 1. The van der Waals surface area contributed by atoms with Gasteiger partial charge in [-0.15, -0.1) is 0 Å². The zero-order valence-corrected chi connectivity index (χ0v) is 10.5. The molecule has 1 aliphatic rings. The molecule has 0 radical (unpaired) electrons. The number of hydrogen-bond acceptors (Lipinski definition) is 3. The van der Waals surface area contributed by atoms with Crippen LogP contribution < -0.4 is 0 Å². The van der Waals surface area contributed by atoms with Crippen LogP contribution in [0.25, 0.3) is 0 Å². The average Bonchev–Trinajstić information content (AvgIpc) is 2.70. The Kier molecular flexibility index (Phi) is 3.66. The largest absolute Gasteiger partial charge is 0.481 e. The van der Waals surface area contributed by atoms with Crippen LogP contribution in [0.1, 0.15) is 37.1 Å². The highest BCUT2D eigenvalue weighted by molar-refractivity contribution is 5.69. The lowest BCUT2D eigenvalue weighted by Crippen LogP contribution is -2.24. The number of rotatable bonds is 3. The van der Waals surface area contributed by atoms with E-state index < -0.39 is 5.97 Å². The van der Waals surface area contributed by atoms with Crippen LogP contribution in [0.4, 0.5) is 0 Å². The van der Waals surface area contributed by atoms with E-state index in [1.54, 1.807) is 6.33 Å². The van der Waals surface area contributed by atoms with Crippen molar-refractivity contribution in [2.24, 2.45) is 11.8 Å². The zero-order chi connectivity index (χ0) is 13.1. The highest BCUT2D eigenvalue weighted by Gasteiger charge is 2.26. The van der Waals surface area contributed by atoms with E-state index >= 15 is 0 Å². The topological polar surface area (TPSA) is 78.9 Å². The van der Waals surface area contributed by atoms with Gasteiger partial charge in [0, 0.05) is 6.54 Å². The first kappa shape index (κ1) is 12.6. The van der Waals surface area contributed by atoms with Gasteiger partial charge in [0.05, 0.1) is 17.9 Å². The average molecular weight is 247 g/mol. The molecule has 1 N–H and O–H groups in total.